The molecule has 11 nitrogen and oxygen atoms in total. The predicted molar refractivity (Wildman–Crippen MR) is 131 cm³/mol. The molecule has 1 N–H and O–H groups in total. The third-order valence-electron chi connectivity index (χ3n) is 5.06. The number of esters is 2. The SMILES string of the molecule is N=C[C@H](OC(=O)c1ccccc1)[C@H](F)[C@@H](COC(=O)c1ccccc1)OS(=O)(=O)c1ccc([N+](=O)[O-])cc1. The van der Waals surface area contributed by atoms with Crippen LogP contribution in [0, 0.1) is 15.5 Å². The summed E-state index contributed by atoms with van der Waals surface area (Å²) in [5.74, 6) is -1.90. The maximum Gasteiger partial charge on any atom is 0.338 e. The van der Waals surface area contributed by atoms with Crippen LogP contribution in [-0.2, 0) is 23.8 Å². The summed E-state index contributed by atoms with van der Waals surface area (Å²) in [4.78, 5) is 34.3. The van der Waals surface area contributed by atoms with E-state index in [4.69, 9.17) is 19.1 Å². The minimum absolute atomic E-state index is 0.0537. The lowest BCUT2D eigenvalue weighted by atomic mass is 10.1. The molecule has 198 valence electrons. The molecule has 3 atom stereocenters. The van der Waals surface area contributed by atoms with Gasteiger partial charge in [-0.1, -0.05) is 36.4 Å². The minimum Gasteiger partial charge on any atom is -0.459 e. The van der Waals surface area contributed by atoms with Crippen molar-refractivity contribution in [2.75, 3.05) is 6.61 Å². The number of nitrogens with one attached hydrogen (secondary N) is 1. The largest absolute Gasteiger partial charge is 0.459 e. The van der Waals surface area contributed by atoms with E-state index in [1.165, 1.54) is 36.4 Å². The van der Waals surface area contributed by atoms with Crippen LogP contribution < -0.4 is 0 Å². The number of nitro groups is 1. The Morgan fingerprint density at radius 3 is 1.95 bits per heavy atom. The predicted octanol–water partition coefficient (Wildman–Crippen LogP) is 3.74. The molecule has 13 heteroatoms. The van der Waals surface area contributed by atoms with E-state index in [0.717, 1.165) is 24.3 Å². The molecule has 0 amide bonds. The van der Waals surface area contributed by atoms with Crippen LogP contribution in [0.3, 0.4) is 0 Å². The second-order valence-electron chi connectivity index (χ2n) is 7.65. The van der Waals surface area contributed by atoms with Crippen LogP contribution in [0.4, 0.5) is 10.1 Å². The summed E-state index contributed by atoms with van der Waals surface area (Å²) in [6, 6.07) is 18.7. The number of ether oxygens (including phenoxy) is 2. The molecule has 3 aromatic carbocycles. The molecule has 0 heterocycles. The molecule has 3 aromatic rings. The van der Waals surface area contributed by atoms with Gasteiger partial charge in [0.05, 0.1) is 20.9 Å². The standard InChI is InChI=1S/C25H21FN2O9S/c26-23(21(15-27)36-25(30)18-9-5-2-6-10-18)22(16-35-24(29)17-7-3-1-4-8-17)37-38(33,34)20-13-11-19(12-14-20)28(31)32/h1-15,21-23,27H,16H2/t21-,22+,23-/m0/s1. The first kappa shape index (κ1) is 28.1. The number of hydrogen-bond donors (Lipinski definition) is 1. The van der Waals surface area contributed by atoms with Crippen molar-refractivity contribution in [3.05, 3.63) is 106 Å². The highest BCUT2D eigenvalue weighted by molar-refractivity contribution is 7.86. The van der Waals surface area contributed by atoms with E-state index in [9.17, 15) is 28.1 Å². The number of non-ortho nitro benzene ring substituents is 1. The number of rotatable bonds is 12. The van der Waals surface area contributed by atoms with Gasteiger partial charge in [-0.15, -0.1) is 0 Å². The summed E-state index contributed by atoms with van der Waals surface area (Å²) in [6.45, 7) is -0.936. The molecule has 0 radical (unpaired) electrons. The zero-order valence-electron chi connectivity index (χ0n) is 19.5. The van der Waals surface area contributed by atoms with Gasteiger partial charge in [0.15, 0.2) is 12.3 Å². The number of hydrogen-bond acceptors (Lipinski definition) is 10. The monoisotopic (exact) mass is 544 g/mol. The van der Waals surface area contributed by atoms with E-state index < -0.39 is 62.5 Å². The lowest BCUT2D eigenvalue weighted by Gasteiger charge is -2.25. The van der Waals surface area contributed by atoms with Crippen molar-refractivity contribution in [3.63, 3.8) is 0 Å². The van der Waals surface area contributed by atoms with Crippen LogP contribution in [0.1, 0.15) is 20.7 Å². The number of alkyl halides is 1. The van der Waals surface area contributed by atoms with Crippen molar-refractivity contribution in [2.45, 2.75) is 23.3 Å². The number of halogens is 1. The number of carbonyl (C=O) groups excluding carboxylic acids is 2. The lowest BCUT2D eigenvalue weighted by molar-refractivity contribution is -0.384. The Balaban J connectivity index is 1.84. The number of nitrogens with zero attached hydrogens (tertiary/aromatic N) is 1. The van der Waals surface area contributed by atoms with E-state index >= 15 is 4.39 Å². The third kappa shape index (κ3) is 7.27. The molecule has 0 saturated carbocycles. The topological polar surface area (TPSA) is 163 Å². The first-order valence-electron chi connectivity index (χ1n) is 10.9. The fourth-order valence-corrected chi connectivity index (χ4v) is 4.18. The van der Waals surface area contributed by atoms with Crippen LogP contribution >= 0.6 is 0 Å². The number of carbonyl (C=O) groups is 2. The summed E-state index contributed by atoms with van der Waals surface area (Å²) in [7, 11) is -4.75. The summed E-state index contributed by atoms with van der Waals surface area (Å²) in [5.41, 5.74) is -0.241. The van der Waals surface area contributed by atoms with Gasteiger partial charge in [-0.05, 0) is 36.4 Å². The Bertz CT molecular complexity index is 1390. The second kappa shape index (κ2) is 12.7. The van der Waals surface area contributed by atoms with Crippen LogP contribution in [-0.4, -0.2) is 56.5 Å². The maximum atomic E-state index is 15.6. The summed E-state index contributed by atoms with van der Waals surface area (Å²) in [6.07, 6.45) is -6.00. The van der Waals surface area contributed by atoms with Gasteiger partial charge in [0.25, 0.3) is 15.8 Å². The quantitative estimate of drug-likeness (QED) is 0.118. The molecule has 0 unspecified atom stereocenters. The average molecular weight is 545 g/mol. The van der Waals surface area contributed by atoms with Crippen molar-refractivity contribution < 1.29 is 41.0 Å². The van der Waals surface area contributed by atoms with Gasteiger partial charge in [-0.2, -0.15) is 8.42 Å². The van der Waals surface area contributed by atoms with Crippen molar-refractivity contribution in [2.24, 2.45) is 0 Å². The lowest BCUT2D eigenvalue weighted by Crippen LogP contribution is -2.43. The van der Waals surface area contributed by atoms with Crippen LogP contribution in [0.25, 0.3) is 0 Å². The number of benzene rings is 3. The van der Waals surface area contributed by atoms with E-state index in [-0.39, 0.29) is 11.1 Å². The van der Waals surface area contributed by atoms with Gasteiger partial charge in [0.1, 0.15) is 12.7 Å². The summed E-state index contributed by atoms with van der Waals surface area (Å²) >= 11 is 0. The number of nitro benzene ring substituents is 1. The molecule has 0 fully saturated rings. The summed E-state index contributed by atoms with van der Waals surface area (Å²) < 4.78 is 56.3. The Kier molecular flexibility index (Phi) is 9.35. The Hall–Kier alpha value is -4.49. The fourth-order valence-electron chi connectivity index (χ4n) is 3.11. The molecule has 38 heavy (non-hydrogen) atoms. The molecular formula is C25H21FN2O9S. The van der Waals surface area contributed by atoms with Gasteiger partial charge in [-0.3, -0.25) is 14.3 Å². The molecular weight excluding hydrogens is 523 g/mol. The molecule has 0 aliphatic heterocycles. The highest BCUT2D eigenvalue weighted by Crippen LogP contribution is 2.23. The molecule has 0 saturated heterocycles. The van der Waals surface area contributed by atoms with Crippen molar-refractivity contribution in [1.29, 1.82) is 5.41 Å². The average Bonchev–Trinajstić information content (AvgIpc) is 2.94. The highest BCUT2D eigenvalue weighted by Gasteiger charge is 2.37. The smallest absolute Gasteiger partial charge is 0.338 e. The van der Waals surface area contributed by atoms with E-state index in [1.807, 2.05) is 0 Å². The summed E-state index contributed by atoms with van der Waals surface area (Å²) in [5, 5.41) is 18.4. The zero-order valence-corrected chi connectivity index (χ0v) is 20.3. The van der Waals surface area contributed by atoms with Gasteiger partial charge < -0.3 is 14.9 Å². The zero-order chi connectivity index (χ0) is 27.7. The fraction of sp³-hybridized carbons (Fsp3) is 0.160. The first-order chi connectivity index (χ1) is 18.1. The van der Waals surface area contributed by atoms with Crippen LogP contribution in [0.2, 0.25) is 0 Å². The van der Waals surface area contributed by atoms with Crippen LogP contribution in [0.5, 0.6) is 0 Å². The van der Waals surface area contributed by atoms with Crippen molar-refractivity contribution >= 4 is 34.0 Å². The third-order valence-corrected chi connectivity index (χ3v) is 6.41. The van der Waals surface area contributed by atoms with Gasteiger partial charge in [0, 0.05) is 18.3 Å². The van der Waals surface area contributed by atoms with E-state index in [2.05, 4.69) is 0 Å². The Labute approximate surface area is 216 Å². The molecule has 0 aliphatic rings. The molecule has 0 bridgehead atoms. The molecule has 0 aromatic heterocycles. The van der Waals surface area contributed by atoms with Crippen LogP contribution in [0.15, 0.2) is 89.8 Å². The molecule has 3 rings (SSSR count). The van der Waals surface area contributed by atoms with E-state index in [1.54, 1.807) is 24.3 Å². The Morgan fingerprint density at radius 2 is 1.45 bits per heavy atom. The minimum atomic E-state index is -4.75. The van der Waals surface area contributed by atoms with E-state index in [0.29, 0.717) is 6.21 Å². The highest BCUT2D eigenvalue weighted by atomic mass is 32.2. The molecule has 0 spiro atoms. The Morgan fingerprint density at radius 1 is 0.921 bits per heavy atom. The van der Waals surface area contributed by atoms with Gasteiger partial charge >= 0.3 is 11.9 Å². The van der Waals surface area contributed by atoms with Gasteiger partial charge in [-0.25, -0.2) is 14.0 Å². The first-order valence-corrected chi connectivity index (χ1v) is 12.3. The van der Waals surface area contributed by atoms with Gasteiger partial charge in [0.2, 0.25) is 0 Å². The molecule has 0 aliphatic carbocycles. The van der Waals surface area contributed by atoms with Crippen molar-refractivity contribution in [1.82, 2.24) is 0 Å². The maximum absolute atomic E-state index is 15.6. The van der Waals surface area contributed by atoms with Crippen molar-refractivity contribution in [3.8, 4) is 0 Å². The second-order valence-corrected chi connectivity index (χ2v) is 9.22. The normalized spacial score (nSPS) is 13.5.